The molecule has 3 aliphatic rings. The van der Waals surface area contributed by atoms with Crippen LogP contribution in [0.2, 0.25) is 0 Å². The van der Waals surface area contributed by atoms with Gasteiger partial charge in [-0.3, -0.25) is 24.3 Å². The standard InChI is InChI=1S/C22H29FN4O4/c23-18-3-1-17(2-4-18)19-20(26-8-5-24(6-9-26)11-14-28)22(30)27(21(19)29)10-7-25-12-15-31-16-13-25/h1-4,28H,5-16H2. The Labute approximate surface area is 181 Å². The first-order valence-electron chi connectivity index (χ1n) is 10.8. The van der Waals surface area contributed by atoms with Crippen LogP contribution in [0.25, 0.3) is 5.57 Å². The molecule has 1 aromatic carbocycles. The molecule has 2 saturated heterocycles. The third kappa shape index (κ3) is 4.79. The van der Waals surface area contributed by atoms with Crippen LogP contribution < -0.4 is 0 Å². The van der Waals surface area contributed by atoms with E-state index < -0.39 is 0 Å². The Hall–Kier alpha value is -2.33. The van der Waals surface area contributed by atoms with Crippen molar-refractivity contribution in [1.82, 2.24) is 19.6 Å². The van der Waals surface area contributed by atoms with Crippen LogP contribution in [0, 0.1) is 5.82 Å². The Balaban J connectivity index is 1.56. The number of imide groups is 1. The van der Waals surface area contributed by atoms with Gasteiger partial charge < -0.3 is 14.7 Å². The first-order valence-corrected chi connectivity index (χ1v) is 10.8. The number of aliphatic hydroxyl groups excluding tert-OH is 1. The predicted octanol–water partition coefficient (Wildman–Crippen LogP) is -0.152. The van der Waals surface area contributed by atoms with E-state index in [1.807, 2.05) is 4.90 Å². The van der Waals surface area contributed by atoms with Crippen molar-refractivity contribution < 1.29 is 23.8 Å². The number of halogens is 1. The fourth-order valence-electron chi connectivity index (χ4n) is 4.34. The van der Waals surface area contributed by atoms with Crippen molar-refractivity contribution in [2.45, 2.75) is 0 Å². The van der Waals surface area contributed by atoms with Crippen molar-refractivity contribution in [2.24, 2.45) is 0 Å². The van der Waals surface area contributed by atoms with Crippen molar-refractivity contribution in [3.8, 4) is 0 Å². The number of rotatable bonds is 7. The Morgan fingerprint density at radius 1 is 0.839 bits per heavy atom. The molecule has 168 valence electrons. The Morgan fingerprint density at radius 3 is 2.13 bits per heavy atom. The van der Waals surface area contributed by atoms with Gasteiger partial charge in [0, 0.05) is 58.9 Å². The first kappa shape index (κ1) is 21.9. The average Bonchev–Trinajstić information content (AvgIpc) is 3.04. The number of hydrogen-bond acceptors (Lipinski definition) is 7. The fourth-order valence-corrected chi connectivity index (χ4v) is 4.34. The minimum atomic E-state index is -0.385. The first-order chi connectivity index (χ1) is 15.1. The summed E-state index contributed by atoms with van der Waals surface area (Å²) in [6, 6.07) is 5.74. The molecule has 9 heteroatoms. The summed E-state index contributed by atoms with van der Waals surface area (Å²) < 4.78 is 18.9. The minimum absolute atomic E-state index is 0.0935. The van der Waals surface area contributed by atoms with Gasteiger partial charge in [-0.25, -0.2) is 4.39 Å². The van der Waals surface area contributed by atoms with Crippen LogP contribution in [0.4, 0.5) is 4.39 Å². The molecule has 3 heterocycles. The summed E-state index contributed by atoms with van der Waals surface area (Å²) in [5, 5.41) is 9.17. The van der Waals surface area contributed by atoms with Crippen molar-refractivity contribution in [2.75, 3.05) is 78.7 Å². The van der Waals surface area contributed by atoms with Gasteiger partial charge in [-0.1, -0.05) is 12.1 Å². The van der Waals surface area contributed by atoms with Crippen molar-refractivity contribution in [3.63, 3.8) is 0 Å². The van der Waals surface area contributed by atoms with Gasteiger partial charge >= 0.3 is 0 Å². The van der Waals surface area contributed by atoms with E-state index in [4.69, 9.17) is 4.74 Å². The summed E-state index contributed by atoms with van der Waals surface area (Å²) in [5.74, 6) is -0.990. The zero-order valence-corrected chi connectivity index (χ0v) is 17.6. The predicted molar refractivity (Wildman–Crippen MR) is 112 cm³/mol. The molecule has 31 heavy (non-hydrogen) atoms. The lowest BCUT2D eigenvalue weighted by atomic mass is 10.0. The lowest BCUT2D eigenvalue weighted by Crippen LogP contribution is -2.48. The smallest absolute Gasteiger partial charge is 0.277 e. The maximum Gasteiger partial charge on any atom is 0.277 e. The number of amides is 2. The van der Waals surface area contributed by atoms with Gasteiger partial charge in [-0.15, -0.1) is 0 Å². The lowest BCUT2D eigenvalue weighted by Gasteiger charge is -2.36. The van der Waals surface area contributed by atoms with Gasteiger partial charge in [0.1, 0.15) is 11.5 Å². The van der Waals surface area contributed by atoms with Gasteiger partial charge in [0.05, 0.1) is 25.4 Å². The third-order valence-electron chi connectivity index (χ3n) is 6.12. The number of piperazine rings is 1. The molecular weight excluding hydrogens is 403 g/mol. The Morgan fingerprint density at radius 2 is 1.48 bits per heavy atom. The van der Waals surface area contributed by atoms with Crippen LogP contribution >= 0.6 is 0 Å². The van der Waals surface area contributed by atoms with Crippen molar-refractivity contribution in [1.29, 1.82) is 0 Å². The summed E-state index contributed by atoms with van der Waals surface area (Å²) in [6.45, 7) is 7.09. The third-order valence-corrected chi connectivity index (χ3v) is 6.12. The molecule has 4 rings (SSSR count). The van der Waals surface area contributed by atoms with Crippen LogP contribution in [0.1, 0.15) is 5.56 Å². The van der Waals surface area contributed by atoms with E-state index in [2.05, 4.69) is 9.80 Å². The number of aliphatic hydroxyl groups is 1. The fraction of sp³-hybridized carbons (Fsp3) is 0.545. The summed E-state index contributed by atoms with van der Waals surface area (Å²) in [5.41, 5.74) is 1.31. The maximum atomic E-state index is 13.5. The van der Waals surface area contributed by atoms with Crippen molar-refractivity contribution in [3.05, 3.63) is 41.3 Å². The molecular formula is C22H29FN4O4. The molecule has 3 aliphatic heterocycles. The van der Waals surface area contributed by atoms with Crippen LogP contribution in [0.5, 0.6) is 0 Å². The molecule has 0 aliphatic carbocycles. The maximum absolute atomic E-state index is 13.5. The molecule has 2 fully saturated rings. The largest absolute Gasteiger partial charge is 0.395 e. The molecule has 1 aromatic rings. The van der Waals surface area contributed by atoms with E-state index in [0.717, 1.165) is 13.1 Å². The van der Waals surface area contributed by atoms with Gasteiger partial charge in [-0.05, 0) is 17.7 Å². The second kappa shape index (κ2) is 9.86. The molecule has 1 N–H and O–H groups in total. The van der Waals surface area contributed by atoms with Gasteiger partial charge in [-0.2, -0.15) is 0 Å². The molecule has 0 bridgehead atoms. The van der Waals surface area contributed by atoms with E-state index in [1.165, 1.54) is 17.0 Å². The van der Waals surface area contributed by atoms with E-state index in [-0.39, 0.29) is 24.2 Å². The second-order valence-corrected chi connectivity index (χ2v) is 8.00. The van der Waals surface area contributed by atoms with Gasteiger partial charge in [0.2, 0.25) is 0 Å². The molecule has 0 aromatic heterocycles. The molecule has 8 nitrogen and oxygen atoms in total. The molecule has 0 unspecified atom stereocenters. The quantitative estimate of drug-likeness (QED) is 0.601. The number of ether oxygens (including phenoxy) is 1. The van der Waals surface area contributed by atoms with Gasteiger partial charge in [0.25, 0.3) is 11.8 Å². The summed E-state index contributed by atoms with van der Waals surface area (Å²) >= 11 is 0. The minimum Gasteiger partial charge on any atom is -0.395 e. The SMILES string of the molecule is O=C1C(c2ccc(F)cc2)=C(N2CCN(CCO)CC2)C(=O)N1CCN1CCOCC1. The normalized spacial score (nSPS) is 21.5. The van der Waals surface area contributed by atoms with Crippen LogP contribution in [0.15, 0.2) is 30.0 Å². The highest BCUT2D eigenvalue weighted by molar-refractivity contribution is 6.35. The average molecular weight is 432 g/mol. The van der Waals surface area contributed by atoms with Gasteiger partial charge in [0.15, 0.2) is 0 Å². The van der Waals surface area contributed by atoms with E-state index in [1.54, 1.807) is 12.1 Å². The van der Waals surface area contributed by atoms with Crippen molar-refractivity contribution >= 4 is 17.4 Å². The zero-order valence-electron chi connectivity index (χ0n) is 17.6. The number of morpholine rings is 1. The molecule has 0 spiro atoms. The van der Waals surface area contributed by atoms with Crippen LogP contribution in [-0.4, -0.2) is 115 Å². The highest BCUT2D eigenvalue weighted by Gasteiger charge is 2.42. The summed E-state index contributed by atoms with van der Waals surface area (Å²) in [4.78, 5) is 34.3. The molecule has 0 saturated carbocycles. The zero-order chi connectivity index (χ0) is 21.8. The molecule has 2 amide bonds. The number of hydrogen-bond donors (Lipinski definition) is 1. The van der Waals surface area contributed by atoms with E-state index in [9.17, 15) is 19.1 Å². The highest BCUT2D eigenvalue weighted by atomic mass is 19.1. The second-order valence-electron chi connectivity index (χ2n) is 8.00. The van der Waals surface area contributed by atoms with Crippen LogP contribution in [0.3, 0.4) is 0 Å². The summed E-state index contributed by atoms with van der Waals surface area (Å²) in [6.07, 6.45) is 0. The molecule has 0 radical (unpaired) electrons. The van der Waals surface area contributed by atoms with E-state index in [0.29, 0.717) is 75.9 Å². The highest BCUT2D eigenvalue weighted by Crippen LogP contribution is 2.32. The Bertz CT molecular complexity index is 830. The molecule has 0 atom stereocenters. The Kier molecular flexibility index (Phi) is 6.96. The number of β-amino-alcohol motifs (C(OH)–C–C–N with tert-alkyl or cyclic N) is 1. The number of carbonyl (C=O) groups is 2. The lowest BCUT2D eigenvalue weighted by molar-refractivity contribution is -0.138. The van der Waals surface area contributed by atoms with Crippen LogP contribution in [-0.2, 0) is 14.3 Å². The topological polar surface area (TPSA) is 76.6 Å². The summed E-state index contributed by atoms with van der Waals surface area (Å²) in [7, 11) is 0. The number of nitrogens with zero attached hydrogens (tertiary/aromatic N) is 4. The number of carbonyl (C=O) groups excluding carboxylic acids is 2. The van der Waals surface area contributed by atoms with E-state index >= 15 is 0 Å². The number of benzene rings is 1. The monoisotopic (exact) mass is 432 g/mol.